The second-order valence-electron chi connectivity index (χ2n) is 4.63. The van der Waals surface area contributed by atoms with Crippen molar-refractivity contribution in [1.29, 1.82) is 0 Å². The van der Waals surface area contributed by atoms with Crippen molar-refractivity contribution in [2.24, 2.45) is 0 Å². The van der Waals surface area contributed by atoms with Crippen LogP contribution in [-0.2, 0) is 9.53 Å². The lowest BCUT2D eigenvalue weighted by atomic mass is 10.0. The van der Waals surface area contributed by atoms with E-state index in [1.54, 1.807) is 24.3 Å². The van der Waals surface area contributed by atoms with Crippen LogP contribution in [0.3, 0.4) is 0 Å². The third-order valence-corrected chi connectivity index (χ3v) is 3.00. The highest BCUT2D eigenvalue weighted by Crippen LogP contribution is 2.21. The summed E-state index contributed by atoms with van der Waals surface area (Å²) >= 11 is 0. The lowest BCUT2D eigenvalue weighted by Crippen LogP contribution is -2.09. The van der Waals surface area contributed by atoms with Crippen molar-refractivity contribution in [1.82, 2.24) is 0 Å². The predicted molar refractivity (Wildman–Crippen MR) is 83.1 cm³/mol. The maximum atomic E-state index is 12.0. The van der Waals surface area contributed by atoms with E-state index in [2.05, 4.69) is 11.3 Å². The number of carbonyl (C=O) groups is 2. The van der Waals surface area contributed by atoms with Crippen LogP contribution in [-0.4, -0.2) is 18.9 Å². The molecule has 0 heterocycles. The molecular weight excluding hydrogens is 280 g/mol. The molecule has 0 radical (unpaired) electrons. The van der Waals surface area contributed by atoms with E-state index in [9.17, 15) is 9.59 Å². The van der Waals surface area contributed by atoms with E-state index in [-0.39, 0.29) is 17.8 Å². The van der Waals surface area contributed by atoms with Gasteiger partial charge in [0, 0.05) is 17.6 Å². The Hall–Kier alpha value is -2.88. The number of ketones is 1. The monoisotopic (exact) mass is 296 g/mol. The van der Waals surface area contributed by atoms with Gasteiger partial charge in [0.15, 0.2) is 5.78 Å². The molecule has 0 amide bonds. The zero-order valence-corrected chi connectivity index (χ0v) is 12.2. The van der Waals surface area contributed by atoms with Crippen molar-refractivity contribution in [3.05, 3.63) is 72.3 Å². The van der Waals surface area contributed by atoms with Gasteiger partial charge in [0.05, 0.1) is 7.11 Å². The normalized spacial score (nSPS) is 9.86. The lowest BCUT2D eigenvalue weighted by Gasteiger charge is -2.07. The van der Waals surface area contributed by atoms with Crippen LogP contribution in [0.25, 0.3) is 0 Å². The molecule has 4 nitrogen and oxygen atoms in total. The Morgan fingerprint density at radius 2 is 1.55 bits per heavy atom. The Labute approximate surface area is 129 Å². The molecule has 0 unspecified atom stereocenters. The van der Waals surface area contributed by atoms with E-state index in [0.717, 1.165) is 5.75 Å². The van der Waals surface area contributed by atoms with Crippen LogP contribution >= 0.6 is 0 Å². The molecule has 0 spiro atoms. The topological polar surface area (TPSA) is 52.6 Å². The molecule has 0 fully saturated rings. The molecule has 0 atom stereocenters. The molecular formula is C18H16O4. The Morgan fingerprint density at radius 1 is 0.955 bits per heavy atom. The Balaban J connectivity index is 2.01. The summed E-state index contributed by atoms with van der Waals surface area (Å²) in [6.45, 7) is 3.54. The van der Waals surface area contributed by atoms with Crippen molar-refractivity contribution in [2.75, 3.05) is 7.11 Å². The summed E-state index contributed by atoms with van der Waals surface area (Å²) in [5, 5.41) is 0. The van der Waals surface area contributed by atoms with Gasteiger partial charge in [-0.1, -0.05) is 24.8 Å². The minimum atomic E-state index is -0.572. The fourth-order valence-corrected chi connectivity index (χ4v) is 1.85. The number of Topliss-reactive ketones (excluding diaryl/α,β-unsaturated/α-hetero) is 1. The van der Waals surface area contributed by atoms with Crippen molar-refractivity contribution in [2.45, 2.75) is 6.42 Å². The van der Waals surface area contributed by atoms with E-state index in [0.29, 0.717) is 11.3 Å². The van der Waals surface area contributed by atoms with Crippen LogP contribution in [0.2, 0.25) is 0 Å². The molecule has 22 heavy (non-hydrogen) atoms. The van der Waals surface area contributed by atoms with Gasteiger partial charge in [-0.05, 0) is 36.4 Å². The van der Waals surface area contributed by atoms with Crippen LogP contribution in [0.1, 0.15) is 16.8 Å². The third kappa shape index (κ3) is 4.06. The van der Waals surface area contributed by atoms with Gasteiger partial charge in [0.1, 0.15) is 11.5 Å². The molecule has 0 saturated carbocycles. The number of benzene rings is 2. The molecule has 4 heteroatoms. The largest absolute Gasteiger partial charge is 0.466 e. The summed E-state index contributed by atoms with van der Waals surface area (Å²) in [5.74, 6) is 0.592. The van der Waals surface area contributed by atoms with Gasteiger partial charge in [-0.2, -0.15) is 0 Å². The summed E-state index contributed by atoms with van der Waals surface area (Å²) in [6, 6.07) is 16.1. The predicted octanol–water partition coefficient (Wildman–Crippen LogP) is 3.78. The number of ether oxygens (including phenoxy) is 2. The van der Waals surface area contributed by atoms with Crippen molar-refractivity contribution < 1.29 is 19.1 Å². The third-order valence-electron chi connectivity index (χ3n) is 3.00. The first kappa shape index (κ1) is 15.5. The highest BCUT2D eigenvalue weighted by Gasteiger charge is 2.13. The number of methoxy groups -OCH3 is 1. The molecule has 0 saturated heterocycles. The number of esters is 1. The smallest absolute Gasteiger partial charge is 0.333 e. The molecule has 0 aliphatic rings. The zero-order chi connectivity index (χ0) is 15.9. The highest BCUT2D eigenvalue weighted by atomic mass is 16.5. The molecule has 2 aromatic rings. The Morgan fingerprint density at radius 3 is 2.14 bits per heavy atom. The molecule has 0 bridgehead atoms. The van der Waals surface area contributed by atoms with Crippen molar-refractivity contribution in [3.63, 3.8) is 0 Å². The molecule has 0 N–H and O–H groups in total. The van der Waals surface area contributed by atoms with E-state index < -0.39 is 5.97 Å². The number of hydrogen-bond acceptors (Lipinski definition) is 4. The summed E-state index contributed by atoms with van der Waals surface area (Å²) in [4.78, 5) is 23.3. The van der Waals surface area contributed by atoms with Gasteiger partial charge in [-0.25, -0.2) is 4.79 Å². The fraction of sp³-hybridized carbons (Fsp3) is 0.111. The van der Waals surface area contributed by atoms with Gasteiger partial charge < -0.3 is 9.47 Å². The number of rotatable bonds is 6. The van der Waals surface area contributed by atoms with Crippen LogP contribution in [0.15, 0.2) is 66.7 Å². The lowest BCUT2D eigenvalue weighted by molar-refractivity contribution is -0.136. The molecule has 112 valence electrons. The molecule has 2 rings (SSSR count). The number of hydrogen-bond donors (Lipinski definition) is 0. The molecule has 2 aromatic carbocycles. The van der Waals surface area contributed by atoms with Gasteiger partial charge in [-0.3, -0.25) is 4.79 Å². The van der Waals surface area contributed by atoms with E-state index in [1.807, 2.05) is 30.3 Å². The number of carbonyl (C=O) groups excluding carboxylic acids is 2. The highest BCUT2D eigenvalue weighted by molar-refractivity contribution is 6.03. The average Bonchev–Trinajstić information content (AvgIpc) is 2.55. The summed E-state index contributed by atoms with van der Waals surface area (Å²) in [5.41, 5.74) is 0.627. The van der Waals surface area contributed by atoms with Crippen LogP contribution in [0.4, 0.5) is 0 Å². The zero-order valence-electron chi connectivity index (χ0n) is 12.2. The SMILES string of the molecule is C=C(CC(=O)c1ccc(Oc2ccccc2)cc1)C(=O)OC. The van der Waals surface area contributed by atoms with Crippen molar-refractivity contribution in [3.8, 4) is 11.5 Å². The maximum absolute atomic E-state index is 12.0. The molecule has 0 aliphatic carbocycles. The van der Waals surface area contributed by atoms with E-state index in [4.69, 9.17) is 4.74 Å². The van der Waals surface area contributed by atoms with Gasteiger partial charge in [-0.15, -0.1) is 0 Å². The second-order valence-corrected chi connectivity index (χ2v) is 4.63. The maximum Gasteiger partial charge on any atom is 0.333 e. The fourth-order valence-electron chi connectivity index (χ4n) is 1.85. The first-order valence-electron chi connectivity index (χ1n) is 6.72. The number of para-hydroxylation sites is 1. The quantitative estimate of drug-likeness (QED) is 0.462. The first-order valence-corrected chi connectivity index (χ1v) is 6.72. The Kier molecular flexibility index (Phi) is 5.09. The minimum absolute atomic E-state index is 0.0639. The second kappa shape index (κ2) is 7.22. The van der Waals surface area contributed by atoms with Crippen LogP contribution in [0.5, 0.6) is 11.5 Å². The molecule has 0 aromatic heterocycles. The summed E-state index contributed by atoms with van der Waals surface area (Å²) in [7, 11) is 1.26. The van der Waals surface area contributed by atoms with Gasteiger partial charge >= 0.3 is 5.97 Å². The first-order chi connectivity index (χ1) is 10.6. The standard InChI is InChI=1S/C18H16O4/c1-13(18(20)21-2)12-17(19)14-8-10-16(11-9-14)22-15-6-4-3-5-7-15/h3-11H,1,12H2,2H3. The minimum Gasteiger partial charge on any atom is -0.466 e. The van der Waals surface area contributed by atoms with Crippen LogP contribution in [0, 0.1) is 0 Å². The Bertz CT molecular complexity index is 672. The summed E-state index contributed by atoms with van der Waals surface area (Å²) in [6.07, 6.45) is -0.0639. The van der Waals surface area contributed by atoms with E-state index >= 15 is 0 Å². The van der Waals surface area contributed by atoms with Crippen LogP contribution < -0.4 is 4.74 Å². The van der Waals surface area contributed by atoms with Gasteiger partial charge in [0.25, 0.3) is 0 Å². The summed E-state index contributed by atoms with van der Waals surface area (Å²) < 4.78 is 10.2. The molecule has 0 aliphatic heterocycles. The van der Waals surface area contributed by atoms with Gasteiger partial charge in [0.2, 0.25) is 0 Å². The average molecular weight is 296 g/mol. The van der Waals surface area contributed by atoms with E-state index in [1.165, 1.54) is 7.11 Å². The van der Waals surface area contributed by atoms with Crippen molar-refractivity contribution >= 4 is 11.8 Å².